The molecule has 0 N–H and O–H groups in total. The Labute approximate surface area is 198 Å². The SMILES string of the molecule is c1ccc(-c2cc3ccccc3c(N=Nc3cccc4ccccc34)c2-c2ccccc2)cc1. The number of fused-ring (bicyclic) bond motifs is 2. The second-order valence-electron chi connectivity index (χ2n) is 8.30. The Bertz CT molecular complexity index is 1630. The Morgan fingerprint density at radius 2 is 1.00 bits per heavy atom. The summed E-state index contributed by atoms with van der Waals surface area (Å²) in [5.74, 6) is 0. The molecule has 0 saturated carbocycles. The van der Waals surface area contributed by atoms with Crippen LogP contribution >= 0.6 is 0 Å². The second kappa shape index (κ2) is 8.76. The first-order valence-electron chi connectivity index (χ1n) is 11.4. The van der Waals surface area contributed by atoms with Crippen molar-refractivity contribution < 1.29 is 0 Å². The van der Waals surface area contributed by atoms with Gasteiger partial charge in [0.1, 0.15) is 5.69 Å². The van der Waals surface area contributed by atoms with Crippen molar-refractivity contribution in [3.05, 3.63) is 133 Å². The highest BCUT2D eigenvalue weighted by molar-refractivity contribution is 6.07. The lowest BCUT2D eigenvalue weighted by Crippen LogP contribution is -1.88. The highest BCUT2D eigenvalue weighted by Gasteiger charge is 2.16. The predicted molar refractivity (Wildman–Crippen MR) is 143 cm³/mol. The third-order valence-corrected chi connectivity index (χ3v) is 6.19. The molecule has 0 amide bonds. The average molecular weight is 435 g/mol. The molecule has 0 fully saturated rings. The van der Waals surface area contributed by atoms with E-state index in [1.54, 1.807) is 0 Å². The molecule has 0 aliphatic carbocycles. The van der Waals surface area contributed by atoms with Crippen molar-refractivity contribution in [1.82, 2.24) is 0 Å². The van der Waals surface area contributed by atoms with Crippen molar-refractivity contribution >= 4 is 32.9 Å². The molecule has 0 spiro atoms. The Morgan fingerprint density at radius 3 is 1.76 bits per heavy atom. The molecular formula is C32H22N2. The molecule has 2 nitrogen and oxygen atoms in total. The van der Waals surface area contributed by atoms with Crippen molar-refractivity contribution in [1.29, 1.82) is 0 Å². The van der Waals surface area contributed by atoms with Crippen molar-refractivity contribution in [3.63, 3.8) is 0 Å². The largest absolute Gasteiger partial charge is 0.150 e. The van der Waals surface area contributed by atoms with Crippen LogP contribution in [0, 0.1) is 0 Å². The zero-order chi connectivity index (χ0) is 22.7. The van der Waals surface area contributed by atoms with Crippen LogP contribution in [0.2, 0.25) is 0 Å². The molecule has 0 aromatic heterocycles. The van der Waals surface area contributed by atoms with E-state index >= 15 is 0 Å². The van der Waals surface area contributed by atoms with Gasteiger partial charge in [0, 0.05) is 16.3 Å². The van der Waals surface area contributed by atoms with Gasteiger partial charge in [0.25, 0.3) is 0 Å². The Balaban J connectivity index is 1.66. The third kappa shape index (κ3) is 3.66. The lowest BCUT2D eigenvalue weighted by atomic mass is 9.89. The molecule has 2 heteroatoms. The minimum atomic E-state index is 0.867. The van der Waals surface area contributed by atoms with E-state index < -0.39 is 0 Å². The first kappa shape index (κ1) is 20.1. The van der Waals surface area contributed by atoms with Crippen LogP contribution in [0.1, 0.15) is 0 Å². The smallest absolute Gasteiger partial charge is 0.102 e. The number of hydrogen-bond acceptors (Lipinski definition) is 2. The molecule has 0 aliphatic heterocycles. The van der Waals surface area contributed by atoms with Gasteiger partial charge in [-0.05, 0) is 39.6 Å². The summed E-state index contributed by atoms with van der Waals surface area (Å²) in [7, 11) is 0. The fourth-order valence-electron chi connectivity index (χ4n) is 4.57. The fraction of sp³-hybridized carbons (Fsp3) is 0. The molecule has 0 saturated heterocycles. The van der Waals surface area contributed by atoms with Gasteiger partial charge in [0.15, 0.2) is 0 Å². The van der Waals surface area contributed by atoms with Crippen molar-refractivity contribution in [2.45, 2.75) is 0 Å². The number of nitrogens with zero attached hydrogens (tertiary/aromatic N) is 2. The minimum absolute atomic E-state index is 0.867. The van der Waals surface area contributed by atoms with Gasteiger partial charge in [-0.3, -0.25) is 0 Å². The zero-order valence-electron chi connectivity index (χ0n) is 18.6. The highest BCUT2D eigenvalue weighted by Crippen LogP contribution is 2.45. The molecule has 0 aliphatic rings. The minimum Gasteiger partial charge on any atom is -0.150 e. The van der Waals surface area contributed by atoms with Crippen LogP contribution < -0.4 is 0 Å². The van der Waals surface area contributed by atoms with E-state index in [2.05, 4.69) is 97.1 Å². The molecule has 6 aromatic rings. The third-order valence-electron chi connectivity index (χ3n) is 6.19. The zero-order valence-corrected chi connectivity index (χ0v) is 18.6. The molecule has 34 heavy (non-hydrogen) atoms. The summed E-state index contributed by atoms with van der Waals surface area (Å²) >= 11 is 0. The number of azo groups is 1. The van der Waals surface area contributed by atoms with Gasteiger partial charge in [-0.2, -0.15) is 0 Å². The Morgan fingerprint density at radius 1 is 0.412 bits per heavy atom. The van der Waals surface area contributed by atoms with Crippen LogP contribution in [0.15, 0.2) is 144 Å². The highest BCUT2D eigenvalue weighted by atomic mass is 15.1. The standard InChI is InChI=1S/C32H22N2/c1-3-12-24(13-4-1)29-22-26-17-8-10-20-28(26)32(31(29)25-15-5-2-6-16-25)34-33-30-21-11-18-23-14-7-9-19-27(23)30/h1-22H. The summed E-state index contributed by atoms with van der Waals surface area (Å²) in [5, 5.41) is 14.2. The van der Waals surface area contributed by atoms with E-state index in [4.69, 9.17) is 10.2 Å². The summed E-state index contributed by atoms with van der Waals surface area (Å²) in [6.07, 6.45) is 0. The quantitative estimate of drug-likeness (QED) is 0.247. The Hall–Kier alpha value is -4.56. The van der Waals surface area contributed by atoms with Gasteiger partial charge in [0.2, 0.25) is 0 Å². The molecule has 0 atom stereocenters. The van der Waals surface area contributed by atoms with Gasteiger partial charge in [-0.1, -0.05) is 121 Å². The van der Waals surface area contributed by atoms with Crippen LogP contribution in [-0.4, -0.2) is 0 Å². The average Bonchev–Trinajstić information content (AvgIpc) is 2.92. The molecule has 0 radical (unpaired) electrons. The van der Waals surface area contributed by atoms with Crippen LogP contribution in [-0.2, 0) is 0 Å². The number of benzene rings is 6. The maximum atomic E-state index is 4.94. The first-order chi connectivity index (χ1) is 16.9. The van der Waals surface area contributed by atoms with E-state index in [9.17, 15) is 0 Å². The number of hydrogen-bond donors (Lipinski definition) is 0. The molecule has 0 heterocycles. The van der Waals surface area contributed by atoms with E-state index in [-0.39, 0.29) is 0 Å². The molecular weight excluding hydrogens is 412 g/mol. The molecule has 0 bridgehead atoms. The molecule has 160 valence electrons. The lowest BCUT2D eigenvalue weighted by Gasteiger charge is -2.16. The van der Waals surface area contributed by atoms with Crippen molar-refractivity contribution in [3.8, 4) is 22.3 Å². The monoisotopic (exact) mass is 434 g/mol. The summed E-state index contributed by atoms with van der Waals surface area (Å²) in [5.41, 5.74) is 6.28. The summed E-state index contributed by atoms with van der Waals surface area (Å²) in [4.78, 5) is 0. The second-order valence-corrected chi connectivity index (χ2v) is 8.30. The van der Waals surface area contributed by atoms with Crippen LogP contribution in [0.25, 0.3) is 43.8 Å². The maximum Gasteiger partial charge on any atom is 0.102 e. The van der Waals surface area contributed by atoms with E-state index in [0.29, 0.717) is 0 Å². The predicted octanol–water partition coefficient (Wildman–Crippen LogP) is 9.74. The van der Waals surface area contributed by atoms with Gasteiger partial charge in [-0.15, -0.1) is 10.2 Å². The van der Waals surface area contributed by atoms with Gasteiger partial charge in [-0.25, -0.2) is 0 Å². The molecule has 0 unspecified atom stereocenters. The molecule has 6 aromatic carbocycles. The normalized spacial score (nSPS) is 11.4. The molecule has 6 rings (SSSR count). The van der Waals surface area contributed by atoms with Gasteiger partial charge < -0.3 is 0 Å². The summed E-state index contributed by atoms with van der Waals surface area (Å²) in [6, 6.07) is 46.2. The Kier molecular flexibility index (Phi) is 5.17. The van der Waals surface area contributed by atoms with Crippen LogP contribution in [0.3, 0.4) is 0 Å². The fourth-order valence-corrected chi connectivity index (χ4v) is 4.57. The lowest BCUT2D eigenvalue weighted by molar-refractivity contribution is 1.25. The van der Waals surface area contributed by atoms with E-state index in [0.717, 1.165) is 55.2 Å². The first-order valence-corrected chi connectivity index (χ1v) is 11.4. The van der Waals surface area contributed by atoms with Gasteiger partial charge >= 0.3 is 0 Å². The maximum absolute atomic E-state index is 4.94. The summed E-state index contributed by atoms with van der Waals surface area (Å²) in [6.45, 7) is 0. The van der Waals surface area contributed by atoms with Crippen LogP contribution in [0.5, 0.6) is 0 Å². The van der Waals surface area contributed by atoms with Crippen molar-refractivity contribution in [2.24, 2.45) is 10.2 Å². The van der Waals surface area contributed by atoms with Gasteiger partial charge in [0.05, 0.1) is 5.69 Å². The topological polar surface area (TPSA) is 24.7 Å². The van der Waals surface area contributed by atoms with Crippen LogP contribution in [0.4, 0.5) is 11.4 Å². The number of rotatable bonds is 4. The summed E-state index contributed by atoms with van der Waals surface area (Å²) < 4.78 is 0. The van der Waals surface area contributed by atoms with Crippen molar-refractivity contribution in [2.75, 3.05) is 0 Å². The van der Waals surface area contributed by atoms with E-state index in [1.165, 1.54) is 0 Å². The van der Waals surface area contributed by atoms with E-state index in [1.807, 2.05) is 36.4 Å².